The third-order valence-corrected chi connectivity index (χ3v) is 1.82. The van der Waals surface area contributed by atoms with Crippen molar-refractivity contribution in [2.75, 3.05) is 13.2 Å². The number of ether oxygens (including phenoxy) is 1. The van der Waals surface area contributed by atoms with Crippen LogP contribution in [0.3, 0.4) is 0 Å². The van der Waals surface area contributed by atoms with E-state index < -0.39 is 0 Å². The van der Waals surface area contributed by atoms with Gasteiger partial charge in [0.25, 0.3) is 0 Å². The molecule has 0 aliphatic rings. The van der Waals surface area contributed by atoms with Crippen LogP contribution >= 0.6 is 0 Å². The SMILES string of the molecule is CC(C)(C)OCCn1cc(C#CCN)cn1. The van der Waals surface area contributed by atoms with E-state index in [0.717, 1.165) is 12.1 Å². The van der Waals surface area contributed by atoms with Gasteiger partial charge in [-0.15, -0.1) is 0 Å². The largest absolute Gasteiger partial charge is 0.374 e. The van der Waals surface area contributed by atoms with Crippen LogP contribution in [0.25, 0.3) is 0 Å². The van der Waals surface area contributed by atoms with E-state index >= 15 is 0 Å². The molecule has 2 N–H and O–H groups in total. The Morgan fingerprint density at radius 2 is 2.25 bits per heavy atom. The van der Waals surface area contributed by atoms with Gasteiger partial charge in [0.2, 0.25) is 0 Å². The Balaban J connectivity index is 2.41. The zero-order valence-corrected chi connectivity index (χ0v) is 10.2. The van der Waals surface area contributed by atoms with E-state index in [2.05, 4.69) is 16.9 Å². The van der Waals surface area contributed by atoms with Gasteiger partial charge in [-0.3, -0.25) is 4.68 Å². The number of hydrogen-bond donors (Lipinski definition) is 1. The molecule has 0 saturated carbocycles. The molecule has 1 rings (SSSR count). The summed E-state index contributed by atoms with van der Waals surface area (Å²) < 4.78 is 7.43. The third-order valence-electron chi connectivity index (χ3n) is 1.82. The van der Waals surface area contributed by atoms with E-state index in [4.69, 9.17) is 10.5 Å². The molecule has 4 nitrogen and oxygen atoms in total. The van der Waals surface area contributed by atoms with Crippen molar-refractivity contribution in [3.8, 4) is 11.8 Å². The molecule has 0 atom stereocenters. The van der Waals surface area contributed by atoms with Crippen molar-refractivity contribution in [1.29, 1.82) is 0 Å². The lowest BCUT2D eigenvalue weighted by Crippen LogP contribution is -2.21. The maximum Gasteiger partial charge on any atom is 0.0669 e. The van der Waals surface area contributed by atoms with Crippen LogP contribution in [0.15, 0.2) is 12.4 Å². The van der Waals surface area contributed by atoms with Crippen LogP contribution < -0.4 is 5.73 Å². The van der Waals surface area contributed by atoms with Gasteiger partial charge < -0.3 is 10.5 Å². The molecule has 0 fully saturated rings. The van der Waals surface area contributed by atoms with Crippen LogP contribution in [0.5, 0.6) is 0 Å². The van der Waals surface area contributed by atoms with Crippen LogP contribution in [-0.4, -0.2) is 28.5 Å². The van der Waals surface area contributed by atoms with Crippen molar-refractivity contribution in [2.24, 2.45) is 5.73 Å². The molecule has 0 aromatic carbocycles. The minimum atomic E-state index is -0.102. The number of aromatic nitrogens is 2. The zero-order valence-electron chi connectivity index (χ0n) is 10.2. The molecule has 0 amide bonds. The second kappa shape index (κ2) is 5.69. The van der Waals surface area contributed by atoms with E-state index in [-0.39, 0.29) is 5.60 Å². The topological polar surface area (TPSA) is 53.1 Å². The van der Waals surface area contributed by atoms with E-state index in [1.54, 1.807) is 6.20 Å². The first-order valence-corrected chi connectivity index (χ1v) is 5.36. The average molecular weight is 221 g/mol. The Morgan fingerprint density at radius 3 is 2.88 bits per heavy atom. The number of nitrogens with two attached hydrogens (primary N) is 1. The molecule has 0 unspecified atom stereocenters. The summed E-state index contributed by atoms with van der Waals surface area (Å²) in [6.45, 7) is 7.87. The van der Waals surface area contributed by atoms with Gasteiger partial charge in [0.15, 0.2) is 0 Å². The summed E-state index contributed by atoms with van der Waals surface area (Å²) in [6.07, 6.45) is 3.63. The Morgan fingerprint density at radius 1 is 1.50 bits per heavy atom. The third kappa shape index (κ3) is 4.96. The lowest BCUT2D eigenvalue weighted by molar-refractivity contribution is -0.00789. The number of nitrogens with zero attached hydrogens (tertiary/aromatic N) is 2. The zero-order chi connectivity index (χ0) is 12.0. The highest BCUT2D eigenvalue weighted by molar-refractivity contribution is 5.29. The quantitative estimate of drug-likeness (QED) is 0.775. The normalized spacial score (nSPS) is 11.0. The first kappa shape index (κ1) is 12.8. The Labute approximate surface area is 96.8 Å². The lowest BCUT2D eigenvalue weighted by atomic mass is 10.2. The maximum atomic E-state index is 5.61. The van der Waals surface area contributed by atoms with Crippen molar-refractivity contribution in [2.45, 2.75) is 32.9 Å². The van der Waals surface area contributed by atoms with Crippen molar-refractivity contribution in [3.05, 3.63) is 18.0 Å². The van der Waals surface area contributed by atoms with Crippen molar-refractivity contribution in [1.82, 2.24) is 9.78 Å². The van der Waals surface area contributed by atoms with Crippen LogP contribution in [-0.2, 0) is 11.3 Å². The van der Waals surface area contributed by atoms with Gasteiger partial charge in [-0.25, -0.2) is 0 Å². The second-order valence-corrected chi connectivity index (χ2v) is 4.46. The maximum absolute atomic E-state index is 5.61. The molecule has 0 aliphatic carbocycles. The standard InChI is InChI=1S/C12H19N3O/c1-12(2,3)16-8-7-15-10-11(9-14-15)5-4-6-13/h9-10H,6-8,13H2,1-3H3. The van der Waals surface area contributed by atoms with Gasteiger partial charge in [-0.05, 0) is 20.8 Å². The van der Waals surface area contributed by atoms with E-state index in [0.29, 0.717) is 13.2 Å². The Hall–Kier alpha value is -1.31. The predicted molar refractivity (Wildman–Crippen MR) is 63.9 cm³/mol. The summed E-state index contributed by atoms with van der Waals surface area (Å²) >= 11 is 0. The van der Waals surface area contributed by atoms with Crippen LogP contribution in [0.4, 0.5) is 0 Å². The monoisotopic (exact) mass is 221 g/mol. The van der Waals surface area contributed by atoms with Crippen LogP contribution in [0, 0.1) is 11.8 Å². The fraction of sp³-hybridized carbons (Fsp3) is 0.583. The first-order chi connectivity index (χ1) is 7.51. The summed E-state index contributed by atoms with van der Waals surface area (Å²) in [5, 5.41) is 4.18. The highest BCUT2D eigenvalue weighted by Gasteiger charge is 2.09. The highest BCUT2D eigenvalue weighted by atomic mass is 16.5. The van der Waals surface area contributed by atoms with Gasteiger partial charge in [-0.2, -0.15) is 5.10 Å². The molecule has 1 aromatic heterocycles. The fourth-order valence-electron chi connectivity index (χ4n) is 1.15. The molecular formula is C12H19N3O. The minimum absolute atomic E-state index is 0.102. The molecule has 16 heavy (non-hydrogen) atoms. The van der Waals surface area contributed by atoms with E-state index in [1.807, 2.05) is 31.6 Å². The van der Waals surface area contributed by atoms with Gasteiger partial charge in [0, 0.05) is 6.20 Å². The molecule has 88 valence electrons. The molecule has 0 spiro atoms. The van der Waals surface area contributed by atoms with Gasteiger partial charge in [0.1, 0.15) is 0 Å². The average Bonchev–Trinajstić information content (AvgIpc) is 2.61. The van der Waals surface area contributed by atoms with Gasteiger partial charge >= 0.3 is 0 Å². The minimum Gasteiger partial charge on any atom is -0.374 e. The molecule has 0 radical (unpaired) electrons. The number of hydrogen-bond acceptors (Lipinski definition) is 3. The first-order valence-electron chi connectivity index (χ1n) is 5.36. The smallest absolute Gasteiger partial charge is 0.0669 e. The van der Waals surface area contributed by atoms with Gasteiger partial charge in [-0.1, -0.05) is 11.8 Å². The molecule has 0 aliphatic heterocycles. The summed E-state index contributed by atoms with van der Waals surface area (Å²) in [4.78, 5) is 0. The summed E-state index contributed by atoms with van der Waals surface area (Å²) in [6, 6.07) is 0. The fourth-order valence-corrected chi connectivity index (χ4v) is 1.15. The molecule has 1 heterocycles. The van der Waals surface area contributed by atoms with Crippen molar-refractivity contribution in [3.63, 3.8) is 0 Å². The molecule has 0 saturated heterocycles. The highest BCUT2D eigenvalue weighted by Crippen LogP contribution is 2.06. The van der Waals surface area contributed by atoms with Crippen molar-refractivity contribution < 1.29 is 4.74 Å². The summed E-state index contributed by atoms with van der Waals surface area (Å²) in [7, 11) is 0. The molecule has 0 bridgehead atoms. The Kier molecular flexibility index (Phi) is 4.53. The number of rotatable bonds is 3. The molecule has 4 heteroatoms. The van der Waals surface area contributed by atoms with Crippen LogP contribution in [0.2, 0.25) is 0 Å². The summed E-state index contributed by atoms with van der Waals surface area (Å²) in [5.41, 5.74) is 6.08. The lowest BCUT2D eigenvalue weighted by Gasteiger charge is -2.19. The van der Waals surface area contributed by atoms with Gasteiger partial charge in [0.05, 0.1) is 37.1 Å². The predicted octanol–water partition coefficient (Wildman–Crippen LogP) is 1.01. The van der Waals surface area contributed by atoms with E-state index in [1.165, 1.54) is 0 Å². The Bertz CT molecular complexity index is 379. The van der Waals surface area contributed by atoms with Crippen LogP contribution in [0.1, 0.15) is 26.3 Å². The second-order valence-electron chi connectivity index (χ2n) is 4.46. The summed E-state index contributed by atoms with van der Waals surface area (Å²) in [5.74, 6) is 5.72. The van der Waals surface area contributed by atoms with E-state index in [9.17, 15) is 0 Å². The molecule has 1 aromatic rings. The van der Waals surface area contributed by atoms with Crippen molar-refractivity contribution >= 4 is 0 Å². The molecular weight excluding hydrogens is 202 g/mol.